The molecule has 4 aromatic rings. The first-order chi connectivity index (χ1) is 13.6. The maximum atomic E-state index is 13.7. The van der Waals surface area contributed by atoms with Gasteiger partial charge < -0.3 is 4.72 Å². The van der Waals surface area contributed by atoms with Crippen LogP contribution in [-0.2, 0) is 0 Å². The zero-order chi connectivity index (χ0) is 19.5. The highest BCUT2D eigenvalue weighted by molar-refractivity contribution is 8.00. The van der Waals surface area contributed by atoms with Crippen LogP contribution in [-0.4, -0.2) is 4.98 Å². The maximum Gasteiger partial charge on any atom is 0.174 e. The average Bonchev–Trinajstić information content (AvgIpc) is 3.25. The first kappa shape index (κ1) is 18.7. The van der Waals surface area contributed by atoms with Gasteiger partial charge in [0.05, 0.1) is 4.90 Å². The number of thiazole rings is 1. The number of anilines is 1. The Bertz CT molecular complexity index is 1090. The van der Waals surface area contributed by atoms with Gasteiger partial charge in [-0.15, -0.1) is 11.3 Å². The normalized spacial score (nSPS) is 10.8. The minimum atomic E-state index is -0.849. The summed E-state index contributed by atoms with van der Waals surface area (Å²) in [5.74, 6) is -1.69. The highest BCUT2D eigenvalue weighted by atomic mass is 32.2. The largest absolute Gasteiger partial charge is 0.326 e. The maximum absolute atomic E-state index is 13.7. The Morgan fingerprint density at radius 3 is 2.50 bits per heavy atom. The molecule has 0 amide bonds. The van der Waals surface area contributed by atoms with Gasteiger partial charge in [0.2, 0.25) is 0 Å². The molecule has 0 aliphatic rings. The lowest BCUT2D eigenvalue weighted by atomic mass is 9.98. The third-order valence-electron chi connectivity index (χ3n) is 4.31. The smallest absolute Gasteiger partial charge is 0.174 e. The van der Waals surface area contributed by atoms with Gasteiger partial charge in [-0.25, -0.2) is 13.8 Å². The summed E-state index contributed by atoms with van der Waals surface area (Å²) in [5, 5.41) is 2.96. The van der Waals surface area contributed by atoms with Crippen LogP contribution in [0.1, 0.15) is 5.56 Å². The van der Waals surface area contributed by atoms with E-state index >= 15 is 0 Å². The summed E-state index contributed by atoms with van der Waals surface area (Å²) < 4.78 is 30.1. The average molecular weight is 411 g/mol. The van der Waals surface area contributed by atoms with E-state index in [1.807, 2.05) is 29.6 Å². The lowest BCUT2D eigenvalue weighted by Crippen LogP contribution is -1.92. The van der Waals surface area contributed by atoms with Crippen LogP contribution in [0.15, 0.2) is 77.1 Å². The highest BCUT2D eigenvalue weighted by Gasteiger charge is 2.09. The van der Waals surface area contributed by atoms with Crippen molar-refractivity contribution in [1.82, 2.24) is 4.98 Å². The molecule has 1 heterocycles. The Kier molecular flexibility index (Phi) is 5.41. The zero-order valence-corrected chi connectivity index (χ0v) is 16.6. The molecule has 0 atom stereocenters. The fourth-order valence-corrected chi connectivity index (χ4v) is 4.16. The van der Waals surface area contributed by atoms with Gasteiger partial charge in [-0.1, -0.05) is 30.3 Å². The molecule has 0 aliphatic heterocycles. The molecule has 28 heavy (non-hydrogen) atoms. The third kappa shape index (κ3) is 3.93. The van der Waals surface area contributed by atoms with Gasteiger partial charge in [0.15, 0.2) is 11.6 Å². The number of nitrogens with one attached hydrogen (secondary N) is 1. The van der Waals surface area contributed by atoms with Crippen molar-refractivity contribution in [2.24, 2.45) is 0 Å². The van der Waals surface area contributed by atoms with Crippen LogP contribution in [0.5, 0.6) is 0 Å². The second kappa shape index (κ2) is 8.12. The lowest BCUT2D eigenvalue weighted by molar-refractivity contribution is 0.491. The van der Waals surface area contributed by atoms with Gasteiger partial charge in [-0.2, -0.15) is 0 Å². The van der Waals surface area contributed by atoms with Crippen LogP contribution < -0.4 is 4.72 Å². The molecule has 0 aliphatic carbocycles. The number of halogens is 2. The van der Waals surface area contributed by atoms with Crippen LogP contribution in [0.25, 0.3) is 21.7 Å². The van der Waals surface area contributed by atoms with Crippen LogP contribution in [0, 0.1) is 18.6 Å². The predicted molar refractivity (Wildman–Crippen MR) is 114 cm³/mol. The molecule has 140 valence electrons. The van der Waals surface area contributed by atoms with E-state index in [2.05, 4.69) is 34.8 Å². The first-order valence-corrected chi connectivity index (χ1v) is 10.3. The number of rotatable bonds is 5. The second-order valence-corrected chi connectivity index (χ2v) is 7.94. The predicted octanol–water partition coefficient (Wildman–Crippen LogP) is 7.18. The number of nitrogens with zero attached hydrogens (tertiary/aromatic N) is 1. The minimum Gasteiger partial charge on any atom is -0.326 e. The summed E-state index contributed by atoms with van der Waals surface area (Å²) >= 11 is 2.66. The molecule has 6 heteroatoms. The lowest BCUT2D eigenvalue weighted by Gasteiger charge is -2.10. The third-order valence-corrected chi connectivity index (χ3v) is 6.00. The van der Waals surface area contributed by atoms with E-state index in [0.717, 1.165) is 45.4 Å². The van der Waals surface area contributed by atoms with Crippen molar-refractivity contribution < 1.29 is 8.78 Å². The Hall–Kier alpha value is -2.70. The number of hydrogen-bond acceptors (Lipinski definition) is 4. The monoisotopic (exact) mass is 410 g/mol. The SMILES string of the molecule is Cc1ccc(-c2nccs2)cc1-c1ccc(NSc2cccc(F)c2F)cc1. The molecular formula is C22H16F2N2S2. The topological polar surface area (TPSA) is 24.9 Å². The van der Waals surface area contributed by atoms with E-state index in [0.29, 0.717) is 0 Å². The summed E-state index contributed by atoms with van der Waals surface area (Å²) in [4.78, 5) is 4.60. The molecule has 0 fully saturated rings. The Labute approximate surface area is 170 Å². The molecule has 1 N–H and O–H groups in total. The fourth-order valence-electron chi connectivity index (χ4n) is 2.83. The van der Waals surface area contributed by atoms with E-state index in [1.54, 1.807) is 17.5 Å². The summed E-state index contributed by atoms with van der Waals surface area (Å²) in [6.07, 6.45) is 1.80. The summed E-state index contributed by atoms with van der Waals surface area (Å²) in [6.45, 7) is 2.08. The molecular weight excluding hydrogens is 394 g/mol. The van der Waals surface area contributed by atoms with Crippen molar-refractivity contribution in [3.63, 3.8) is 0 Å². The van der Waals surface area contributed by atoms with E-state index in [4.69, 9.17) is 0 Å². The van der Waals surface area contributed by atoms with Crippen LogP contribution in [0.4, 0.5) is 14.5 Å². The fraction of sp³-hybridized carbons (Fsp3) is 0.0455. The second-order valence-electron chi connectivity index (χ2n) is 6.20. The van der Waals surface area contributed by atoms with Crippen LogP contribution in [0.3, 0.4) is 0 Å². The Morgan fingerprint density at radius 2 is 1.75 bits per heavy atom. The minimum absolute atomic E-state index is 0.219. The molecule has 0 bridgehead atoms. The van der Waals surface area contributed by atoms with Gasteiger partial charge in [0.1, 0.15) is 5.01 Å². The highest BCUT2D eigenvalue weighted by Crippen LogP contribution is 2.32. The van der Waals surface area contributed by atoms with E-state index < -0.39 is 11.6 Å². The van der Waals surface area contributed by atoms with E-state index in [1.165, 1.54) is 17.7 Å². The van der Waals surface area contributed by atoms with Gasteiger partial charge in [0.25, 0.3) is 0 Å². The summed E-state index contributed by atoms with van der Waals surface area (Å²) in [5.41, 5.74) is 5.31. The zero-order valence-electron chi connectivity index (χ0n) is 14.9. The molecule has 0 spiro atoms. The number of hydrogen-bond donors (Lipinski definition) is 1. The molecule has 0 unspecified atom stereocenters. The summed E-state index contributed by atoms with van der Waals surface area (Å²) in [6, 6.07) is 18.3. The first-order valence-electron chi connectivity index (χ1n) is 8.59. The Morgan fingerprint density at radius 1 is 0.964 bits per heavy atom. The van der Waals surface area contributed by atoms with Gasteiger partial charge in [0, 0.05) is 22.8 Å². The van der Waals surface area contributed by atoms with Gasteiger partial charge >= 0.3 is 0 Å². The number of aryl methyl sites for hydroxylation is 1. The Balaban J connectivity index is 1.53. The van der Waals surface area contributed by atoms with Gasteiger partial charge in [-0.05, 0) is 65.9 Å². The van der Waals surface area contributed by atoms with Crippen LogP contribution in [0.2, 0.25) is 0 Å². The van der Waals surface area contributed by atoms with Crippen molar-refractivity contribution >= 4 is 29.0 Å². The van der Waals surface area contributed by atoms with Crippen molar-refractivity contribution in [3.8, 4) is 21.7 Å². The summed E-state index contributed by atoms with van der Waals surface area (Å²) in [7, 11) is 0. The van der Waals surface area contributed by atoms with Crippen molar-refractivity contribution in [2.45, 2.75) is 11.8 Å². The quantitative estimate of drug-likeness (QED) is 0.353. The molecule has 0 saturated heterocycles. The molecule has 4 rings (SSSR count). The molecule has 3 aromatic carbocycles. The molecule has 0 radical (unpaired) electrons. The van der Waals surface area contributed by atoms with Crippen molar-refractivity contribution in [3.05, 3.63) is 89.4 Å². The number of aromatic nitrogens is 1. The standard InChI is InChI=1S/C22H16F2N2S2/c1-14-5-6-16(22-25-11-12-27-22)13-18(14)15-7-9-17(10-8-15)26-28-20-4-2-3-19(23)21(20)24/h2-13,26H,1H3. The molecule has 0 saturated carbocycles. The molecule has 2 nitrogen and oxygen atoms in total. The van der Waals surface area contributed by atoms with E-state index in [9.17, 15) is 8.78 Å². The number of benzene rings is 3. The van der Waals surface area contributed by atoms with Gasteiger partial charge in [-0.3, -0.25) is 0 Å². The molecule has 1 aromatic heterocycles. The van der Waals surface area contributed by atoms with E-state index in [-0.39, 0.29) is 4.90 Å². The van der Waals surface area contributed by atoms with Crippen LogP contribution >= 0.6 is 23.3 Å². The van der Waals surface area contributed by atoms with Crippen molar-refractivity contribution in [1.29, 1.82) is 0 Å². The van der Waals surface area contributed by atoms with Crippen molar-refractivity contribution in [2.75, 3.05) is 4.72 Å².